The first-order chi connectivity index (χ1) is 18.5. The fraction of sp³-hybridized carbons (Fsp3) is 0.700. The average molecular weight is 537 g/mol. The van der Waals surface area contributed by atoms with Gasteiger partial charge in [0.15, 0.2) is 0 Å². The number of hydrogen-bond acceptors (Lipinski definition) is 7. The van der Waals surface area contributed by atoms with Gasteiger partial charge in [0.05, 0.1) is 22.1 Å². The van der Waals surface area contributed by atoms with Crippen molar-refractivity contribution >= 4 is 39.3 Å². The molecule has 3 heterocycles. The lowest BCUT2D eigenvalue weighted by atomic mass is 9.71. The van der Waals surface area contributed by atoms with Gasteiger partial charge in [0.2, 0.25) is 11.8 Å². The first kappa shape index (κ1) is 25.0. The molecule has 1 unspecified atom stereocenters. The second-order valence-electron chi connectivity index (χ2n) is 12.7. The number of benzene rings is 1. The third-order valence-corrected chi connectivity index (χ3v) is 11.7. The number of amides is 2. The summed E-state index contributed by atoms with van der Waals surface area (Å²) in [6.45, 7) is 7.69. The SMILES string of the molecule is CC[C@]1(O)C[C@H]2C[C@H]1[C@H]1C(=O)N(CC3CCCC[C@H]3CN3CCN(c4nsc5ccccc45)CC3)C(=O)[C@@H]21. The topological polar surface area (TPSA) is 77.0 Å². The van der Waals surface area contributed by atoms with Crippen molar-refractivity contribution in [3.63, 3.8) is 0 Å². The smallest absolute Gasteiger partial charge is 0.233 e. The Morgan fingerprint density at radius 1 is 1.00 bits per heavy atom. The van der Waals surface area contributed by atoms with E-state index < -0.39 is 5.60 Å². The Hall–Kier alpha value is -2.03. The van der Waals surface area contributed by atoms with E-state index in [9.17, 15) is 14.7 Å². The highest BCUT2D eigenvalue weighted by Gasteiger charge is 2.67. The summed E-state index contributed by atoms with van der Waals surface area (Å²) in [5.74, 6) is 1.84. The van der Waals surface area contributed by atoms with Crippen molar-refractivity contribution in [3.8, 4) is 0 Å². The Morgan fingerprint density at radius 2 is 1.71 bits per heavy atom. The summed E-state index contributed by atoms with van der Waals surface area (Å²) in [7, 11) is 0. The molecule has 1 aromatic carbocycles. The zero-order valence-electron chi connectivity index (χ0n) is 22.4. The van der Waals surface area contributed by atoms with E-state index in [4.69, 9.17) is 4.37 Å². The fourth-order valence-corrected chi connectivity index (χ4v) is 9.64. The van der Waals surface area contributed by atoms with Crippen molar-refractivity contribution in [1.82, 2.24) is 14.2 Å². The minimum atomic E-state index is -0.752. The Bertz CT molecular complexity index is 1230. The molecule has 2 aromatic rings. The molecular formula is C30H40N4O3S. The van der Waals surface area contributed by atoms with Gasteiger partial charge < -0.3 is 10.0 Å². The van der Waals surface area contributed by atoms with Gasteiger partial charge in [0.1, 0.15) is 5.82 Å². The minimum absolute atomic E-state index is 0.0208. The quantitative estimate of drug-likeness (QED) is 0.563. The van der Waals surface area contributed by atoms with Crippen LogP contribution in [0.5, 0.6) is 0 Å². The Labute approximate surface area is 229 Å². The standard InChI is InChI=1S/C30H40N4O3S/c1-2-30(37)16-21-15-23(30)26-25(21)28(35)34(29(26)36)18-20-8-4-3-7-19(20)17-32-11-13-33(14-12-32)27-22-9-5-6-10-24(22)38-31-27/h5-6,9-10,19-21,23,25-26,37H,2-4,7-8,11-18H2,1H3/t19-,20?,21+,23-,25-,26+,30-/m0/s1. The summed E-state index contributed by atoms with van der Waals surface area (Å²) < 4.78 is 6.01. The van der Waals surface area contributed by atoms with E-state index in [1.807, 2.05) is 6.92 Å². The molecule has 3 saturated carbocycles. The average Bonchev–Trinajstić information content (AvgIpc) is 3.68. The highest BCUT2D eigenvalue weighted by Crippen LogP contribution is 2.61. The second kappa shape index (κ2) is 9.56. The number of carbonyl (C=O) groups excluding carboxylic acids is 2. The first-order valence-corrected chi connectivity index (χ1v) is 15.6. The predicted molar refractivity (Wildman–Crippen MR) is 149 cm³/mol. The molecule has 5 fully saturated rings. The van der Waals surface area contributed by atoms with Crippen molar-refractivity contribution < 1.29 is 14.7 Å². The van der Waals surface area contributed by atoms with Gasteiger partial charge in [-0.15, -0.1) is 0 Å². The molecular weight excluding hydrogens is 496 g/mol. The van der Waals surface area contributed by atoms with E-state index >= 15 is 0 Å². The van der Waals surface area contributed by atoms with Crippen molar-refractivity contribution in [2.75, 3.05) is 44.2 Å². The lowest BCUT2D eigenvalue weighted by Crippen LogP contribution is -2.49. The van der Waals surface area contributed by atoms with Crippen molar-refractivity contribution in [1.29, 1.82) is 0 Å². The van der Waals surface area contributed by atoms with Gasteiger partial charge >= 0.3 is 0 Å². The van der Waals surface area contributed by atoms with Gasteiger partial charge in [-0.25, -0.2) is 0 Å². The van der Waals surface area contributed by atoms with Crippen LogP contribution in [0, 0.1) is 35.5 Å². The number of likely N-dealkylation sites (tertiary alicyclic amines) is 1. The highest BCUT2D eigenvalue weighted by atomic mass is 32.1. The Kier molecular flexibility index (Phi) is 6.28. The van der Waals surface area contributed by atoms with Crippen molar-refractivity contribution in [2.24, 2.45) is 35.5 Å². The summed E-state index contributed by atoms with van der Waals surface area (Å²) >= 11 is 1.58. The van der Waals surface area contributed by atoms with Crippen LogP contribution in [0.15, 0.2) is 24.3 Å². The van der Waals surface area contributed by atoms with Gasteiger partial charge in [-0.2, -0.15) is 4.37 Å². The Morgan fingerprint density at radius 3 is 2.47 bits per heavy atom. The van der Waals surface area contributed by atoms with Gasteiger partial charge in [-0.05, 0) is 73.5 Å². The highest BCUT2D eigenvalue weighted by molar-refractivity contribution is 7.13. The largest absolute Gasteiger partial charge is 0.390 e. The Balaban J connectivity index is 0.991. The molecule has 7 atom stereocenters. The van der Waals surface area contributed by atoms with Crippen LogP contribution in [0.3, 0.4) is 0 Å². The number of piperazine rings is 1. The third-order valence-electron chi connectivity index (χ3n) is 10.9. The van der Waals surface area contributed by atoms with Crippen LogP contribution >= 0.6 is 11.5 Å². The van der Waals surface area contributed by atoms with Crippen LogP contribution in [0.1, 0.15) is 51.9 Å². The van der Waals surface area contributed by atoms with Crippen LogP contribution in [0.25, 0.3) is 10.1 Å². The lowest BCUT2D eigenvalue weighted by Gasteiger charge is -2.40. The number of fused-ring (bicyclic) bond motifs is 6. The molecule has 1 N–H and O–H groups in total. The molecule has 1 aromatic heterocycles. The number of carbonyl (C=O) groups is 2. The third kappa shape index (κ3) is 3.93. The van der Waals surface area contributed by atoms with E-state index in [1.54, 1.807) is 16.4 Å². The number of rotatable bonds is 6. The lowest BCUT2D eigenvalue weighted by molar-refractivity contribution is -0.142. The molecule has 0 spiro atoms. The van der Waals surface area contributed by atoms with Gasteiger partial charge in [0.25, 0.3) is 0 Å². The van der Waals surface area contributed by atoms with Crippen LogP contribution < -0.4 is 4.90 Å². The van der Waals surface area contributed by atoms with Gasteiger partial charge in [0, 0.05) is 50.6 Å². The maximum absolute atomic E-state index is 13.6. The monoisotopic (exact) mass is 536 g/mol. The zero-order valence-corrected chi connectivity index (χ0v) is 23.2. The van der Waals surface area contributed by atoms with Crippen LogP contribution in [-0.4, -0.2) is 76.0 Å². The molecule has 7 nitrogen and oxygen atoms in total. The molecule has 0 radical (unpaired) electrons. The summed E-state index contributed by atoms with van der Waals surface area (Å²) in [5.41, 5.74) is -0.752. The predicted octanol–water partition coefficient (Wildman–Crippen LogP) is 4.01. The molecule has 7 rings (SSSR count). The summed E-state index contributed by atoms with van der Waals surface area (Å²) in [4.78, 5) is 33.7. The molecule has 8 heteroatoms. The van der Waals surface area contributed by atoms with E-state index in [0.717, 1.165) is 51.4 Å². The van der Waals surface area contributed by atoms with Crippen LogP contribution in [-0.2, 0) is 9.59 Å². The molecule has 204 valence electrons. The van der Waals surface area contributed by atoms with E-state index in [1.165, 1.54) is 29.3 Å². The number of nitrogens with zero attached hydrogens (tertiary/aromatic N) is 4. The normalized spacial score (nSPS) is 37.5. The molecule has 2 aliphatic heterocycles. The molecule has 2 bridgehead atoms. The summed E-state index contributed by atoms with van der Waals surface area (Å²) in [5, 5.41) is 12.4. The fourth-order valence-electron chi connectivity index (χ4n) is 8.84. The summed E-state index contributed by atoms with van der Waals surface area (Å²) in [6.07, 6.45) is 6.94. The first-order valence-electron chi connectivity index (χ1n) is 14.9. The molecule has 2 amide bonds. The molecule has 38 heavy (non-hydrogen) atoms. The van der Waals surface area contributed by atoms with Crippen molar-refractivity contribution in [3.05, 3.63) is 24.3 Å². The maximum Gasteiger partial charge on any atom is 0.233 e. The van der Waals surface area contributed by atoms with Crippen LogP contribution in [0.4, 0.5) is 5.82 Å². The van der Waals surface area contributed by atoms with E-state index in [-0.39, 0.29) is 35.5 Å². The molecule has 5 aliphatic rings. The maximum atomic E-state index is 13.6. The van der Waals surface area contributed by atoms with E-state index in [2.05, 4.69) is 34.1 Å². The number of imide groups is 1. The molecule has 2 saturated heterocycles. The second-order valence-corrected chi connectivity index (χ2v) is 13.5. The van der Waals surface area contributed by atoms with E-state index in [0.29, 0.717) is 31.2 Å². The number of anilines is 1. The number of aromatic nitrogens is 1. The van der Waals surface area contributed by atoms with Gasteiger partial charge in [-0.1, -0.05) is 31.9 Å². The number of aliphatic hydroxyl groups is 1. The number of hydrogen-bond donors (Lipinski definition) is 1. The van der Waals surface area contributed by atoms with Crippen molar-refractivity contribution in [2.45, 2.75) is 57.5 Å². The zero-order chi connectivity index (χ0) is 26.0. The summed E-state index contributed by atoms with van der Waals surface area (Å²) in [6, 6.07) is 8.50. The van der Waals surface area contributed by atoms with Gasteiger partial charge in [-0.3, -0.25) is 19.4 Å². The van der Waals surface area contributed by atoms with Crippen LogP contribution in [0.2, 0.25) is 0 Å². The molecule has 3 aliphatic carbocycles. The minimum Gasteiger partial charge on any atom is -0.390 e.